The Kier molecular flexibility index (Phi) is 7.09. The van der Waals surface area contributed by atoms with Gasteiger partial charge < -0.3 is 9.84 Å². The van der Waals surface area contributed by atoms with Gasteiger partial charge in [0.1, 0.15) is 11.8 Å². The molecule has 1 heterocycles. The molecular weight excluding hydrogens is 214 g/mol. The summed E-state index contributed by atoms with van der Waals surface area (Å²) >= 11 is 5.71. The number of halogens is 1. The molecule has 0 saturated heterocycles. The molecule has 0 aromatic carbocycles. The third-order valence-corrected chi connectivity index (χ3v) is 1.58. The van der Waals surface area contributed by atoms with Gasteiger partial charge in [0.2, 0.25) is 5.88 Å². The van der Waals surface area contributed by atoms with E-state index in [1.807, 2.05) is 20.8 Å². The number of hydrogen-bond acceptors (Lipinski definition) is 3. The SMILES string of the molecule is CC.Cc1cc(Cl)nc(OC[C@@H](C)O)c1. The number of pyridine rings is 1. The maximum absolute atomic E-state index is 8.97. The highest BCUT2D eigenvalue weighted by atomic mass is 35.5. The number of ether oxygens (including phenoxy) is 1. The summed E-state index contributed by atoms with van der Waals surface area (Å²) < 4.78 is 5.18. The van der Waals surface area contributed by atoms with Crippen LogP contribution in [0.2, 0.25) is 5.15 Å². The number of aryl methyl sites for hydroxylation is 1. The number of hydrogen-bond donors (Lipinski definition) is 1. The molecule has 0 bridgehead atoms. The van der Waals surface area contributed by atoms with Gasteiger partial charge in [-0.25, -0.2) is 4.98 Å². The Balaban J connectivity index is 0.000000921. The first-order valence-corrected chi connectivity index (χ1v) is 5.41. The summed E-state index contributed by atoms with van der Waals surface area (Å²) in [5, 5.41) is 9.37. The van der Waals surface area contributed by atoms with Crippen molar-refractivity contribution in [3.63, 3.8) is 0 Å². The predicted molar refractivity (Wildman–Crippen MR) is 62.5 cm³/mol. The van der Waals surface area contributed by atoms with E-state index < -0.39 is 6.10 Å². The van der Waals surface area contributed by atoms with Crippen LogP contribution in [0, 0.1) is 6.92 Å². The maximum atomic E-state index is 8.97. The van der Waals surface area contributed by atoms with Crippen LogP contribution in [0.3, 0.4) is 0 Å². The molecule has 0 unspecified atom stereocenters. The third kappa shape index (κ3) is 6.31. The molecule has 0 spiro atoms. The molecule has 1 aromatic rings. The Morgan fingerprint density at radius 2 is 2.07 bits per heavy atom. The molecule has 1 atom stereocenters. The van der Waals surface area contributed by atoms with Gasteiger partial charge in [-0.15, -0.1) is 0 Å². The van der Waals surface area contributed by atoms with Gasteiger partial charge in [0, 0.05) is 6.07 Å². The first-order chi connectivity index (χ1) is 7.08. The largest absolute Gasteiger partial charge is 0.475 e. The highest BCUT2D eigenvalue weighted by molar-refractivity contribution is 6.29. The lowest BCUT2D eigenvalue weighted by atomic mass is 10.3. The van der Waals surface area contributed by atoms with Gasteiger partial charge in [-0.3, -0.25) is 0 Å². The maximum Gasteiger partial charge on any atom is 0.214 e. The summed E-state index contributed by atoms with van der Waals surface area (Å²) in [6, 6.07) is 3.52. The van der Waals surface area contributed by atoms with Crippen molar-refractivity contribution in [3.8, 4) is 5.88 Å². The minimum absolute atomic E-state index is 0.229. The molecule has 0 aliphatic carbocycles. The zero-order valence-corrected chi connectivity index (χ0v) is 10.4. The number of nitrogens with zero attached hydrogens (tertiary/aromatic N) is 1. The minimum atomic E-state index is -0.499. The second-order valence-corrected chi connectivity index (χ2v) is 3.35. The molecule has 1 rings (SSSR count). The summed E-state index contributed by atoms with van der Waals surface area (Å²) in [6.07, 6.45) is -0.499. The molecule has 1 aromatic heterocycles. The molecule has 0 aliphatic heterocycles. The lowest BCUT2D eigenvalue weighted by Crippen LogP contribution is -2.13. The van der Waals surface area contributed by atoms with Crippen molar-refractivity contribution in [1.82, 2.24) is 4.98 Å². The van der Waals surface area contributed by atoms with Gasteiger partial charge in [0.25, 0.3) is 0 Å². The average molecular weight is 232 g/mol. The van der Waals surface area contributed by atoms with Crippen LogP contribution in [-0.4, -0.2) is 22.8 Å². The van der Waals surface area contributed by atoms with Crippen molar-refractivity contribution in [2.75, 3.05) is 6.61 Å². The quantitative estimate of drug-likeness (QED) is 0.814. The highest BCUT2D eigenvalue weighted by Gasteiger charge is 2.01. The standard InChI is InChI=1S/C9H12ClNO2.C2H6/c1-6-3-8(10)11-9(4-6)13-5-7(2)12;1-2/h3-4,7,12H,5H2,1-2H3;1-2H3/t7-;/m1./s1. The van der Waals surface area contributed by atoms with E-state index in [0.29, 0.717) is 11.0 Å². The van der Waals surface area contributed by atoms with E-state index in [1.165, 1.54) is 0 Å². The van der Waals surface area contributed by atoms with Gasteiger partial charge in [0.05, 0.1) is 6.10 Å². The number of rotatable bonds is 3. The van der Waals surface area contributed by atoms with E-state index in [4.69, 9.17) is 21.4 Å². The summed E-state index contributed by atoms with van der Waals surface area (Å²) in [7, 11) is 0. The van der Waals surface area contributed by atoms with E-state index in [0.717, 1.165) is 5.56 Å². The molecule has 0 saturated carbocycles. The van der Waals surface area contributed by atoms with Crippen molar-refractivity contribution in [1.29, 1.82) is 0 Å². The minimum Gasteiger partial charge on any atom is -0.475 e. The van der Waals surface area contributed by atoms with Crippen molar-refractivity contribution < 1.29 is 9.84 Å². The topological polar surface area (TPSA) is 42.4 Å². The van der Waals surface area contributed by atoms with Crippen molar-refractivity contribution in [2.24, 2.45) is 0 Å². The van der Waals surface area contributed by atoms with Crippen molar-refractivity contribution >= 4 is 11.6 Å². The number of aromatic nitrogens is 1. The van der Waals surface area contributed by atoms with Crippen LogP contribution in [0.25, 0.3) is 0 Å². The lowest BCUT2D eigenvalue weighted by molar-refractivity contribution is 0.120. The second kappa shape index (κ2) is 7.49. The molecule has 3 nitrogen and oxygen atoms in total. The van der Waals surface area contributed by atoms with E-state index in [1.54, 1.807) is 19.1 Å². The van der Waals surface area contributed by atoms with Gasteiger partial charge in [0.15, 0.2) is 0 Å². The van der Waals surface area contributed by atoms with E-state index in [2.05, 4.69) is 4.98 Å². The predicted octanol–water partition coefficient (Wildman–Crippen LogP) is 2.83. The van der Waals surface area contributed by atoms with Gasteiger partial charge in [-0.1, -0.05) is 25.4 Å². The monoisotopic (exact) mass is 231 g/mol. The van der Waals surface area contributed by atoms with E-state index in [-0.39, 0.29) is 6.61 Å². The first kappa shape index (κ1) is 14.2. The van der Waals surface area contributed by atoms with Gasteiger partial charge in [-0.2, -0.15) is 0 Å². The fraction of sp³-hybridized carbons (Fsp3) is 0.545. The Hall–Kier alpha value is -0.800. The molecule has 1 N–H and O–H groups in total. The molecule has 0 amide bonds. The zero-order chi connectivity index (χ0) is 11.8. The van der Waals surface area contributed by atoms with Gasteiger partial charge in [-0.05, 0) is 25.5 Å². The summed E-state index contributed by atoms with van der Waals surface area (Å²) in [5.74, 6) is 0.450. The number of aliphatic hydroxyl groups excluding tert-OH is 1. The highest BCUT2D eigenvalue weighted by Crippen LogP contribution is 2.15. The summed E-state index contributed by atoms with van der Waals surface area (Å²) in [5.41, 5.74) is 0.987. The molecule has 0 radical (unpaired) electrons. The molecular formula is C11H18ClNO2. The van der Waals surface area contributed by atoms with Gasteiger partial charge >= 0.3 is 0 Å². The Morgan fingerprint density at radius 3 is 2.53 bits per heavy atom. The molecule has 4 heteroatoms. The van der Waals surface area contributed by atoms with Crippen LogP contribution in [0.15, 0.2) is 12.1 Å². The first-order valence-electron chi connectivity index (χ1n) is 5.03. The van der Waals surface area contributed by atoms with Crippen molar-refractivity contribution in [3.05, 3.63) is 22.8 Å². The van der Waals surface area contributed by atoms with Crippen molar-refractivity contribution in [2.45, 2.75) is 33.8 Å². The van der Waals surface area contributed by atoms with Crippen LogP contribution in [0.1, 0.15) is 26.3 Å². The Morgan fingerprint density at radius 1 is 1.47 bits per heavy atom. The fourth-order valence-electron chi connectivity index (χ4n) is 0.874. The van der Waals surface area contributed by atoms with Crippen LogP contribution in [0.4, 0.5) is 0 Å². The zero-order valence-electron chi connectivity index (χ0n) is 9.62. The summed E-state index contributed by atoms with van der Waals surface area (Å²) in [6.45, 7) is 7.78. The van der Waals surface area contributed by atoms with Crippen LogP contribution >= 0.6 is 11.6 Å². The smallest absolute Gasteiger partial charge is 0.214 e. The number of aliphatic hydroxyl groups is 1. The third-order valence-electron chi connectivity index (χ3n) is 1.39. The Labute approximate surface area is 96.1 Å². The molecule has 0 fully saturated rings. The van der Waals surface area contributed by atoms with E-state index in [9.17, 15) is 0 Å². The van der Waals surface area contributed by atoms with Crippen LogP contribution < -0.4 is 4.74 Å². The van der Waals surface area contributed by atoms with E-state index >= 15 is 0 Å². The average Bonchev–Trinajstić information content (AvgIpc) is 2.16. The summed E-state index contributed by atoms with van der Waals surface area (Å²) in [4.78, 5) is 3.94. The van der Waals surface area contributed by atoms with Crippen LogP contribution in [-0.2, 0) is 0 Å². The lowest BCUT2D eigenvalue weighted by Gasteiger charge is -2.07. The fourth-order valence-corrected chi connectivity index (χ4v) is 1.13. The molecule has 0 aliphatic rings. The van der Waals surface area contributed by atoms with Crippen LogP contribution in [0.5, 0.6) is 5.88 Å². The second-order valence-electron chi connectivity index (χ2n) is 2.97. The molecule has 15 heavy (non-hydrogen) atoms. The Bertz CT molecular complexity index is 270. The molecule has 86 valence electrons. The normalized spacial score (nSPS) is 11.3.